The van der Waals surface area contributed by atoms with Crippen LogP contribution >= 0.6 is 0 Å². The molecule has 1 amide bonds. The molecule has 1 aliphatic heterocycles. The van der Waals surface area contributed by atoms with Gasteiger partial charge in [0.15, 0.2) is 5.78 Å². The van der Waals surface area contributed by atoms with E-state index in [2.05, 4.69) is 15.7 Å². The van der Waals surface area contributed by atoms with Gasteiger partial charge in [-0.05, 0) is 30.5 Å². The van der Waals surface area contributed by atoms with Crippen molar-refractivity contribution >= 4 is 23.2 Å². The molecule has 0 fully saturated rings. The van der Waals surface area contributed by atoms with Gasteiger partial charge in [-0.1, -0.05) is 48.5 Å². The van der Waals surface area contributed by atoms with Gasteiger partial charge < -0.3 is 10.6 Å². The summed E-state index contributed by atoms with van der Waals surface area (Å²) in [5.74, 6) is 0.535. The number of para-hydroxylation sites is 1. The molecule has 29 heavy (non-hydrogen) atoms. The number of Topliss-reactive ketones (excluding diaryl/α,β-unsaturated/α-hetero) is 1. The molecule has 0 bridgehead atoms. The molecular formula is C23H20N4O2. The number of rotatable bonds is 3. The Balaban J connectivity index is 1.58. The highest BCUT2D eigenvalue weighted by Crippen LogP contribution is 2.41. The fourth-order valence-electron chi connectivity index (χ4n) is 4.09. The van der Waals surface area contributed by atoms with Crippen molar-refractivity contribution in [3.8, 4) is 0 Å². The number of hydrogen-bond acceptors (Lipinski definition) is 4. The zero-order valence-corrected chi connectivity index (χ0v) is 15.8. The van der Waals surface area contributed by atoms with Crippen LogP contribution in [0.2, 0.25) is 0 Å². The van der Waals surface area contributed by atoms with Crippen LogP contribution in [0.5, 0.6) is 0 Å². The molecule has 1 aromatic heterocycles. The Morgan fingerprint density at radius 3 is 2.52 bits per heavy atom. The van der Waals surface area contributed by atoms with E-state index in [1.165, 1.54) is 0 Å². The number of ketones is 1. The molecular weight excluding hydrogens is 364 g/mol. The lowest BCUT2D eigenvalue weighted by Crippen LogP contribution is -2.32. The Labute approximate surface area is 168 Å². The zero-order chi connectivity index (χ0) is 19.8. The van der Waals surface area contributed by atoms with E-state index < -0.39 is 0 Å². The third-order valence-corrected chi connectivity index (χ3v) is 5.43. The molecule has 5 rings (SSSR count). The number of aromatic nitrogens is 2. The third kappa shape index (κ3) is 3.02. The van der Waals surface area contributed by atoms with Crippen LogP contribution in [-0.2, 0) is 4.79 Å². The highest BCUT2D eigenvalue weighted by molar-refractivity contribution is 6.08. The number of anilines is 2. The van der Waals surface area contributed by atoms with Crippen molar-refractivity contribution in [1.82, 2.24) is 9.78 Å². The largest absolute Gasteiger partial charge is 0.343 e. The van der Waals surface area contributed by atoms with E-state index in [1.54, 1.807) is 10.9 Å². The fourth-order valence-corrected chi connectivity index (χ4v) is 4.09. The Morgan fingerprint density at radius 2 is 1.76 bits per heavy atom. The summed E-state index contributed by atoms with van der Waals surface area (Å²) in [6.45, 7) is 0. The van der Waals surface area contributed by atoms with E-state index in [1.807, 2.05) is 60.7 Å². The summed E-state index contributed by atoms with van der Waals surface area (Å²) in [7, 11) is 0. The molecule has 2 aliphatic rings. The maximum Gasteiger partial charge on any atom is 0.261 e. The SMILES string of the molecule is O=C1CCCC2=C1[C@H](c1ccccc1)n1ncc(C(=O)Nc3ccccc3)c1N2. The quantitative estimate of drug-likeness (QED) is 0.711. The second-order valence-corrected chi connectivity index (χ2v) is 7.28. The predicted molar refractivity (Wildman–Crippen MR) is 111 cm³/mol. The number of carbonyl (C=O) groups is 2. The van der Waals surface area contributed by atoms with Crippen molar-refractivity contribution < 1.29 is 9.59 Å². The summed E-state index contributed by atoms with van der Waals surface area (Å²) in [5.41, 5.74) is 3.82. The maximum absolute atomic E-state index is 12.9. The minimum Gasteiger partial charge on any atom is -0.343 e. The Morgan fingerprint density at radius 1 is 1.03 bits per heavy atom. The Hall–Kier alpha value is -3.67. The molecule has 0 spiro atoms. The summed E-state index contributed by atoms with van der Waals surface area (Å²) in [6, 6.07) is 18.9. The number of fused-ring (bicyclic) bond motifs is 1. The van der Waals surface area contributed by atoms with Gasteiger partial charge in [-0.25, -0.2) is 4.68 Å². The van der Waals surface area contributed by atoms with Gasteiger partial charge in [0.2, 0.25) is 0 Å². The van der Waals surface area contributed by atoms with Gasteiger partial charge in [-0.3, -0.25) is 9.59 Å². The van der Waals surface area contributed by atoms with Crippen LogP contribution in [0.25, 0.3) is 0 Å². The zero-order valence-electron chi connectivity index (χ0n) is 15.8. The molecule has 0 radical (unpaired) electrons. The molecule has 2 N–H and O–H groups in total. The number of allylic oxidation sites excluding steroid dienone is 2. The number of nitrogens with zero attached hydrogens (tertiary/aromatic N) is 2. The maximum atomic E-state index is 12.9. The smallest absolute Gasteiger partial charge is 0.261 e. The first kappa shape index (κ1) is 17.4. The second-order valence-electron chi connectivity index (χ2n) is 7.28. The first-order valence-electron chi connectivity index (χ1n) is 9.74. The van der Waals surface area contributed by atoms with Gasteiger partial charge in [-0.15, -0.1) is 0 Å². The molecule has 6 nitrogen and oxygen atoms in total. The van der Waals surface area contributed by atoms with Crippen LogP contribution < -0.4 is 10.6 Å². The average Bonchev–Trinajstić information content (AvgIpc) is 3.17. The van der Waals surface area contributed by atoms with Crippen LogP contribution in [0.3, 0.4) is 0 Å². The van der Waals surface area contributed by atoms with Crippen molar-refractivity contribution in [1.29, 1.82) is 0 Å². The van der Waals surface area contributed by atoms with Gasteiger partial charge in [0.05, 0.1) is 6.20 Å². The third-order valence-electron chi connectivity index (χ3n) is 5.43. The number of hydrogen-bond donors (Lipinski definition) is 2. The lowest BCUT2D eigenvalue weighted by molar-refractivity contribution is -0.116. The lowest BCUT2D eigenvalue weighted by atomic mass is 9.85. The van der Waals surface area contributed by atoms with E-state index >= 15 is 0 Å². The molecule has 6 heteroatoms. The van der Waals surface area contributed by atoms with Crippen LogP contribution in [0.15, 0.2) is 78.1 Å². The van der Waals surface area contributed by atoms with E-state index in [0.29, 0.717) is 17.8 Å². The van der Waals surface area contributed by atoms with E-state index in [-0.39, 0.29) is 17.7 Å². The Bertz CT molecular complexity index is 1120. The van der Waals surface area contributed by atoms with Gasteiger partial charge in [0, 0.05) is 23.4 Å². The predicted octanol–water partition coefficient (Wildman–Crippen LogP) is 4.16. The van der Waals surface area contributed by atoms with Crippen LogP contribution in [-0.4, -0.2) is 21.5 Å². The highest BCUT2D eigenvalue weighted by Gasteiger charge is 2.37. The summed E-state index contributed by atoms with van der Waals surface area (Å²) in [4.78, 5) is 25.7. The van der Waals surface area contributed by atoms with Gasteiger partial charge in [-0.2, -0.15) is 5.10 Å². The molecule has 3 aromatic rings. The molecule has 1 atom stereocenters. The van der Waals surface area contributed by atoms with E-state index in [9.17, 15) is 9.59 Å². The molecule has 2 aromatic carbocycles. The Kier molecular flexibility index (Phi) is 4.24. The molecule has 2 heterocycles. The molecule has 0 saturated heterocycles. The molecule has 0 unspecified atom stereocenters. The van der Waals surface area contributed by atoms with Gasteiger partial charge in [0.1, 0.15) is 17.4 Å². The average molecular weight is 384 g/mol. The fraction of sp³-hybridized carbons (Fsp3) is 0.174. The first-order chi connectivity index (χ1) is 14.2. The van der Waals surface area contributed by atoms with Crippen molar-refractivity contribution in [2.75, 3.05) is 10.6 Å². The summed E-state index contributed by atoms with van der Waals surface area (Å²) in [6.07, 6.45) is 3.71. The summed E-state index contributed by atoms with van der Waals surface area (Å²) < 4.78 is 1.76. The summed E-state index contributed by atoms with van der Waals surface area (Å²) in [5, 5.41) is 10.8. The normalized spacial score (nSPS) is 17.9. The van der Waals surface area contributed by atoms with Crippen molar-refractivity contribution in [3.63, 3.8) is 0 Å². The minimum atomic E-state index is -0.325. The van der Waals surface area contributed by atoms with Crippen molar-refractivity contribution in [2.24, 2.45) is 0 Å². The lowest BCUT2D eigenvalue weighted by Gasteiger charge is -2.33. The minimum absolute atomic E-state index is 0.143. The van der Waals surface area contributed by atoms with Crippen LogP contribution in [0.4, 0.5) is 11.5 Å². The van der Waals surface area contributed by atoms with Crippen molar-refractivity contribution in [3.05, 3.63) is 89.3 Å². The number of carbonyl (C=O) groups excluding carboxylic acids is 2. The second kappa shape index (κ2) is 7.05. The number of nitrogens with one attached hydrogen (secondary N) is 2. The number of benzene rings is 2. The van der Waals surface area contributed by atoms with Gasteiger partial charge >= 0.3 is 0 Å². The van der Waals surface area contributed by atoms with Crippen molar-refractivity contribution in [2.45, 2.75) is 25.3 Å². The summed E-state index contributed by atoms with van der Waals surface area (Å²) >= 11 is 0. The van der Waals surface area contributed by atoms with Gasteiger partial charge in [0.25, 0.3) is 5.91 Å². The standard InChI is InChI=1S/C23H20N4O2/c28-19-13-7-12-18-20(19)21(15-8-3-1-4-9-15)27-22(26-18)17(14-24-27)23(29)25-16-10-5-2-6-11-16/h1-6,8-11,14,21,26H,7,12-13H2,(H,25,29)/t21-/m0/s1. The highest BCUT2D eigenvalue weighted by atomic mass is 16.1. The number of amides is 1. The van der Waals surface area contributed by atoms with E-state index in [4.69, 9.17) is 0 Å². The topological polar surface area (TPSA) is 76.0 Å². The molecule has 1 aliphatic carbocycles. The molecule has 0 saturated carbocycles. The van der Waals surface area contributed by atoms with Crippen LogP contribution in [0.1, 0.15) is 41.2 Å². The first-order valence-corrected chi connectivity index (χ1v) is 9.74. The van der Waals surface area contributed by atoms with E-state index in [0.717, 1.165) is 35.4 Å². The van der Waals surface area contributed by atoms with Crippen LogP contribution in [0, 0.1) is 0 Å². The monoisotopic (exact) mass is 384 g/mol. The molecule has 144 valence electrons.